The summed E-state index contributed by atoms with van der Waals surface area (Å²) in [7, 11) is 0. The van der Waals surface area contributed by atoms with Gasteiger partial charge in [0.25, 0.3) is 0 Å². The fourth-order valence-electron chi connectivity index (χ4n) is 4.02. The summed E-state index contributed by atoms with van der Waals surface area (Å²) in [5.41, 5.74) is 2.79. The Morgan fingerprint density at radius 1 is 0.806 bits per heavy atom. The molecule has 2 aliphatic heterocycles. The van der Waals surface area contributed by atoms with Gasteiger partial charge in [0.1, 0.15) is 0 Å². The van der Waals surface area contributed by atoms with Gasteiger partial charge in [-0.1, -0.05) is 38.1 Å². The predicted molar refractivity (Wildman–Crippen MR) is 118 cm³/mol. The number of hydrogen-bond acceptors (Lipinski definition) is 5. The number of carbonyl (C=O) groups excluding carboxylic acids is 1. The predicted octanol–water partition coefficient (Wildman–Crippen LogP) is 1.78. The topological polar surface area (TPSA) is 101 Å². The van der Waals surface area contributed by atoms with Gasteiger partial charge in [0, 0.05) is 38.6 Å². The van der Waals surface area contributed by atoms with Crippen molar-refractivity contribution in [1.82, 2.24) is 14.7 Å². The maximum atomic E-state index is 12.8. The first-order chi connectivity index (χ1) is 14.8. The number of carbonyl (C=O) groups is 3. The second-order valence-corrected chi connectivity index (χ2v) is 8.09. The Hall–Kier alpha value is -2.45. The highest BCUT2D eigenvalue weighted by atomic mass is 16.4. The molecule has 2 N–H and O–H groups in total. The van der Waals surface area contributed by atoms with E-state index in [0.29, 0.717) is 5.91 Å². The van der Waals surface area contributed by atoms with Gasteiger partial charge in [-0.2, -0.15) is 0 Å². The van der Waals surface area contributed by atoms with E-state index < -0.39 is 11.9 Å². The van der Waals surface area contributed by atoms with Crippen LogP contribution in [0.1, 0.15) is 37.8 Å². The van der Waals surface area contributed by atoms with E-state index in [1.54, 1.807) is 0 Å². The zero-order valence-electron chi connectivity index (χ0n) is 18.6. The fraction of sp³-hybridized carbons (Fsp3) is 0.609. The van der Waals surface area contributed by atoms with Gasteiger partial charge in [-0.15, -0.1) is 0 Å². The first-order valence-corrected chi connectivity index (χ1v) is 11.1. The average molecular weight is 434 g/mol. The molecule has 0 radical (unpaired) electrons. The Bertz CT molecular complexity index is 709. The summed E-state index contributed by atoms with van der Waals surface area (Å²) in [6.45, 7) is 12.5. The number of amides is 1. The molecule has 0 aromatic heterocycles. The largest absolute Gasteiger partial charge is 0.473 e. The Morgan fingerprint density at radius 2 is 1.32 bits per heavy atom. The van der Waals surface area contributed by atoms with Crippen LogP contribution < -0.4 is 0 Å². The Labute approximate surface area is 184 Å². The highest BCUT2D eigenvalue weighted by Crippen LogP contribution is 2.22. The van der Waals surface area contributed by atoms with E-state index in [0.717, 1.165) is 71.6 Å². The molecule has 1 aromatic rings. The molecule has 0 aliphatic carbocycles. The summed E-state index contributed by atoms with van der Waals surface area (Å²) >= 11 is 0. The first-order valence-electron chi connectivity index (χ1n) is 11.1. The van der Waals surface area contributed by atoms with Crippen LogP contribution >= 0.6 is 0 Å². The van der Waals surface area contributed by atoms with Crippen LogP contribution in [-0.4, -0.2) is 88.6 Å². The molecule has 2 fully saturated rings. The normalized spacial score (nSPS) is 18.2. The number of likely N-dealkylation sites (tertiary alicyclic amines) is 1. The van der Waals surface area contributed by atoms with Crippen molar-refractivity contribution < 1.29 is 24.6 Å². The van der Waals surface area contributed by atoms with Crippen molar-refractivity contribution in [2.24, 2.45) is 5.92 Å². The number of piperazine rings is 1. The standard InChI is InChI=1S/C21H33N3O.C2H2O4/c1-3-18-5-7-19(8-6-18)17-23-11-9-20(10-12-23)21(25)24-15-13-22(4-2)14-16-24;3-1(4)2(5)6/h5-8,20H,3-4,9-17H2,1-2H3;(H,3,4)(H,5,6). The zero-order valence-corrected chi connectivity index (χ0v) is 18.6. The maximum absolute atomic E-state index is 12.8. The molecule has 8 nitrogen and oxygen atoms in total. The van der Waals surface area contributed by atoms with E-state index in [9.17, 15) is 4.79 Å². The minimum absolute atomic E-state index is 0.242. The van der Waals surface area contributed by atoms with Gasteiger partial charge in [-0.3, -0.25) is 9.69 Å². The third-order valence-corrected chi connectivity index (χ3v) is 6.09. The zero-order chi connectivity index (χ0) is 22.8. The van der Waals surface area contributed by atoms with Crippen LogP contribution in [0.5, 0.6) is 0 Å². The number of nitrogens with zero attached hydrogens (tertiary/aromatic N) is 3. The Kier molecular flexibility index (Phi) is 9.94. The number of carboxylic acid groups (broad SMARTS) is 2. The van der Waals surface area contributed by atoms with Gasteiger partial charge in [0.15, 0.2) is 0 Å². The molecule has 2 heterocycles. The number of piperidine rings is 1. The van der Waals surface area contributed by atoms with Crippen LogP contribution in [0.3, 0.4) is 0 Å². The molecule has 3 rings (SSSR count). The number of rotatable bonds is 5. The quantitative estimate of drug-likeness (QED) is 0.683. The number of likely N-dealkylation sites (N-methyl/N-ethyl adjacent to an activating group) is 1. The van der Waals surface area contributed by atoms with Crippen molar-refractivity contribution in [1.29, 1.82) is 0 Å². The average Bonchev–Trinajstić information content (AvgIpc) is 2.80. The van der Waals surface area contributed by atoms with Crippen LogP contribution in [0, 0.1) is 5.92 Å². The lowest BCUT2D eigenvalue weighted by Crippen LogP contribution is -2.51. The number of benzene rings is 1. The number of carboxylic acids is 2. The molecule has 172 valence electrons. The maximum Gasteiger partial charge on any atom is 0.414 e. The molecule has 0 atom stereocenters. The van der Waals surface area contributed by atoms with Crippen molar-refractivity contribution in [2.45, 2.75) is 39.7 Å². The lowest BCUT2D eigenvalue weighted by molar-refractivity contribution is -0.159. The highest BCUT2D eigenvalue weighted by Gasteiger charge is 2.30. The molecule has 2 aliphatic rings. The second-order valence-electron chi connectivity index (χ2n) is 8.09. The first kappa shape index (κ1) is 24.8. The van der Waals surface area contributed by atoms with Gasteiger partial charge < -0.3 is 20.0 Å². The van der Waals surface area contributed by atoms with Crippen molar-refractivity contribution in [3.05, 3.63) is 35.4 Å². The van der Waals surface area contributed by atoms with Crippen LogP contribution in [0.4, 0.5) is 0 Å². The molecular formula is C23H35N3O5. The van der Waals surface area contributed by atoms with Gasteiger partial charge in [0.05, 0.1) is 0 Å². The number of aryl methyl sites for hydroxylation is 1. The van der Waals surface area contributed by atoms with Gasteiger partial charge in [-0.05, 0) is 50.0 Å². The van der Waals surface area contributed by atoms with E-state index in [1.165, 1.54) is 11.1 Å². The van der Waals surface area contributed by atoms with E-state index >= 15 is 0 Å². The molecule has 1 amide bonds. The molecule has 0 unspecified atom stereocenters. The summed E-state index contributed by atoms with van der Waals surface area (Å²) in [6.07, 6.45) is 3.13. The second kappa shape index (κ2) is 12.4. The molecule has 0 bridgehead atoms. The molecule has 1 aromatic carbocycles. The molecule has 31 heavy (non-hydrogen) atoms. The summed E-state index contributed by atoms with van der Waals surface area (Å²) in [5, 5.41) is 14.8. The van der Waals surface area contributed by atoms with Gasteiger partial charge in [0.2, 0.25) is 5.91 Å². The monoisotopic (exact) mass is 433 g/mol. The Morgan fingerprint density at radius 3 is 1.77 bits per heavy atom. The van der Waals surface area contributed by atoms with Crippen molar-refractivity contribution in [3.8, 4) is 0 Å². The molecule has 2 saturated heterocycles. The minimum atomic E-state index is -1.82. The van der Waals surface area contributed by atoms with Crippen molar-refractivity contribution in [3.63, 3.8) is 0 Å². The van der Waals surface area contributed by atoms with E-state index in [1.807, 2.05) is 0 Å². The fourth-order valence-corrected chi connectivity index (χ4v) is 4.02. The summed E-state index contributed by atoms with van der Waals surface area (Å²) in [5.74, 6) is -3.00. The van der Waals surface area contributed by atoms with E-state index in [4.69, 9.17) is 19.8 Å². The minimum Gasteiger partial charge on any atom is -0.473 e. The summed E-state index contributed by atoms with van der Waals surface area (Å²) in [4.78, 5) is 38.0. The van der Waals surface area contributed by atoms with Crippen LogP contribution in [0.25, 0.3) is 0 Å². The molecule has 0 spiro atoms. The SMILES string of the molecule is CCc1ccc(CN2CCC(C(=O)N3CCN(CC)CC3)CC2)cc1.O=C(O)C(=O)O. The van der Waals surface area contributed by atoms with Crippen molar-refractivity contribution in [2.75, 3.05) is 45.8 Å². The Balaban J connectivity index is 0.000000501. The molecular weight excluding hydrogens is 398 g/mol. The third-order valence-electron chi connectivity index (χ3n) is 6.09. The number of aliphatic carboxylic acids is 2. The lowest BCUT2D eigenvalue weighted by Gasteiger charge is -2.38. The molecule has 8 heteroatoms. The van der Waals surface area contributed by atoms with Gasteiger partial charge >= 0.3 is 11.9 Å². The van der Waals surface area contributed by atoms with Gasteiger partial charge in [-0.25, -0.2) is 9.59 Å². The third kappa shape index (κ3) is 7.95. The molecule has 0 saturated carbocycles. The van der Waals surface area contributed by atoms with Crippen LogP contribution in [-0.2, 0) is 27.3 Å². The summed E-state index contributed by atoms with van der Waals surface area (Å²) in [6, 6.07) is 8.98. The smallest absolute Gasteiger partial charge is 0.414 e. The number of hydrogen-bond donors (Lipinski definition) is 2. The highest BCUT2D eigenvalue weighted by molar-refractivity contribution is 6.27. The van der Waals surface area contributed by atoms with E-state index in [2.05, 4.69) is 52.8 Å². The van der Waals surface area contributed by atoms with Crippen LogP contribution in [0.2, 0.25) is 0 Å². The van der Waals surface area contributed by atoms with E-state index in [-0.39, 0.29) is 5.92 Å². The summed E-state index contributed by atoms with van der Waals surface area (Å²) < 4.78 is 0. The van der Waals surface area contributed by atoms with Crippen molar-refractivity contribution >= 4 is 17.8 Å². The van der Waals surface area contributed by atoms with Crippen LogP contribution in [0.15, 0.2) is 24.3 Å². The lowest BCUT2D eigenvalue weighted by atomic mass is 9.94.